The first-order valence-corrected chi connectivity index (χ1v) is 13.9. The van der Waals surface area contributed by atoms with E-state index in [0.717, 1.165) is 11.4 Å². The van der Waals surface area contributed by atoms with E-state index in [1.165, 1.54) is 72.3 Å². The topological polar surface area (TPSA) is 17.8 Å². The van der Waals surface area contributed by atoms with Crippen molar-refractivity contribution < 1.29 is 0 Å². The van der Waals surface area contributed by atoms with Crippen molar-refractivity contribution in [2.45, 2.75) is 62.3 Å². The summed E-state index contributed by atoms with van der Waals surface area (Å²) in [6, 6.07) is 24.5. The van der Waals surface area contributed by atoms with Gasteiger partial charge in [0.05, 0.1) is 5.69 Å². The van der Waals surface area contributed by atoms with Crippen LogP contribution in [-0.2, 0) is 0 Å². The van der Waals surface area contributed by atoms with Crippen LogP contribution in [0.15, 0.2) is 72.9 Å². The molecule has 0 spiro atoms. The second-order valence-corrected chi connectivity index (χ2v) is 11.5. The number of aromatic nitrogens is 2. The van der Waals surface area contributed by atoms with Gasteiger partial charge in [0.15, 0.2) is 0 Å². The summed E-state index contributed by atoms with van der Waals surface area (Å²) >= 11 is 0. The maximum atomic E-state index is 5.16. The standard InChI is InChI=1S/C36H39BN2/c1-22-15-25(4)33(26(5)16-22)37(34-27(6)17-23(2)18-28(34)7)32-21-38-36(31-13-11-10-12-14-31)39(32)35-29(8)19-24(3)20-30(35)9/h10-21H,1-9H3. The molecule has 1 aromatic heterocycles. The first-order valence-electron chi connectivity index (χ1n) is 13.9. The second-order valence-electron chi connectivity index (χ2n) is 11.5. The number of rotatable bonds is 5. The van der Waals surface area contributed by atoms with E-state index in [0.29, 0.717) is 0 Å². The van der Waals surface area contributed by atoms with Crippen molar-refractivity contribution in [2.75, 3.05) is 0 Å². The first kappa shape index (κ1) is 26.7. The van der Waals surface area contributed by atoms with E-state index in [1.807, 2.05) is 0 Å². The fourth-order valence-corrected chi connectivity index (χ4v) is 6.85. The summed E-state index contributed by atoms with van der Waals surface area (Å²) in [5, 5.41) is 0. The molecule has 0 aliphatic heterocycles. The van der Waals surface area contributed by atoms with Gasteiger partial charge in [-0.1, -0.05) is 117 Å². The van der Waals surface area contributed by atoms with E-state index >= 15 is 0 Å². The average molecular weight is 511 g/mol. The van der Waals surface area contributed by atoms with Gasteiger partial charge >= 0.3 is 0 Å². The number of hydrogen-bond donors (Lipinski definition) is 0. The molecule has 0 N–H and O–H groups in total. The van der Waals surface area contributed by atoms with Crippen molar-refractivity contribution in [1.82, 2.24) is 9.55 Å². The van der Waals surface area contributed by atoms with Gasteiger partial charge in [-0.2, -0.15) is 0 Å². The molecule has 0 unspecified atom stereocenters. The minimum Gasteiger partial charge on any atom is -0.304 e. The van der Waals surface area contributed by atoms with Crippen LogP contribution in [0.25, 0.3) is 17.1 Å². The van der Waals surface area contributed by atoms with Crippen molar-refractivity contribution in [1.29, 1.82) is 0 Å². The zero-order chi connectivity index (χ0) is 28.0. The highest BCUT2D eigenvalue weighted by molar-refractivity contribution is 6.96. The molecule has 0 fully saturated rings. The highest BCUT2D eigenvalue weighted by Gasteiger charge is 2.33. The highest BCUT2D eigenvalue weighted by Crippen LogP contribution is 2.27. The predicted octanol–water partition coefficient (Wildman–Crippen LogP) is 6.83. The molecule has 2 nitrogen and oxygen atoms in total. The fourth-order valence-electron chi connectivity index (χ4n) is 6.85. The van der Waals surface area contributed by atoms with E-state index in [4.69, 9.17) is 4.98 Å². The lowest BCUT2D eigenvalue weighted by Gasteiger charge is -2.27. The average Bonchev–Trinajstić information content (AvgIpc) is 3.26. The van der Waals surface area contributed by atoms with Crippen molar-refractivity contribution >= 4 is 23.2 Å². The molecule has 5 aromatic rings. The van der Waals surface area contributed by atoms with Crippen LogP contribution in [0.5, 0.6) is 0 Å². The van der Waals surface area contributed by atoms with E-state index in [9.17, 15) is 0 Å². The summed E-state index contributed by atoms with van der Waals surface area (Å²) < 4.78 is 2.45. The third-order valence-corrected chi connectivity index (χ3v) is 8.03. The molecule has 3 heteroatoms. The van der Waals surface area contributed by atoms with Gasteiger partial charge in [-0.3, -0.25) is 0 Å². The summed E-state index contributed by atoms with van der Waals surface area (Å²) in [4.78, 5) is 5.16. The number of imidazole rings is 1. The Morgan fingerprint density at radius 1 is 0.538 bits per heavy atom. The van der Waals surface area contributed by atoms with Crippen LogP contribution in [0.2, 0.25) is 0 Å². The molecule has 0 atom stereocenters. The van der Waals surface area contributed by atoms with Gasteiger partial charge in [-0.05, 0) is 73.4 Å². The third kappa shape index (κ3) is 4.87. The Balaban J connectivity index is 1.94. The molecule has 4 aromatic carbocycles. The zero-order valence-corrected chi connectivity index (χ0v) is 24.9. The van der Waals surface area contributed by atoms with Gasteiger partial charge in [0.1, 0.15) is 5.82 Å². The summed E-state index contributed by atoms with van der Waals surface area (Å²) in [5.74, 6) is 0.982. The Hall–Kier alpha value is -3.85. The van der Waals surface area contributed by atoms with E-state index in [-0.39, 0.29) is 6.71 Å². The number of benzene rings is 4. The van der Waals surface area contributed by atoms with Crippen LogP contribution in [-0.4, -0.2) is 16.3 Å². The van der Waals surface area contributed by atoms with Gasteiger partial charge in [-0.25, -0.2) is 4.98 Å². The largest absolute Gasteiger partial charge is 0.304 e. The molecule has 39 heavy (non-hydrogen) atoms. The fraction of sp³-hybridized carbons (Fsp3) is 0.250. The highest BCUT2D eigenvalue weighted by atomic mass is 15.1. The monoisotopic (exact) mass is 510 g/mol. The maximum Gasteiger partial charge on any atom is 0.266 e. The van der Waals surface area contributed by atoms with Crippen LogP contribution in [0.3, 0.4) is 0 Å². The van der Waals surface area contributed by atoms with E-state index in [2.05, 4.69) is 140 Å². The molecule has 0 bridgehead atoms. The smallest absolute Gasteiger partial charge is 0.266 e. The predicted molar refractivity (Wildman–Crippen MR) is 169 cm³/mol. The minimum atomic E-state index is 0.0382. The molecule has 5 rings (SSSR count). The molecule has 0 saturated heterocycles. The molecule has 0 aliphatic rings. The SMILES string of the molecule is Cc1cc(C)c(B(c2c(C)cc(C)cc2C)c2cnc(-c3ccccc3)n2-c2c(C)cc(C)cc2C)c(C)c1. The zero-order valence-electron chi connectivity index (χ0n) is 24.9. The maximum absolute atomic E-state index is 5.16. The van der Waals surface area contributed by atoms with Crippen LogP contribution >= 0.6 is 0 Å². The van der Waals surface area contributed by atoms with Crippen LogP contribution in [0.1, 0.15) is 50.1 Å². The van der Waals surface area contributed by atoms with Gasteiger partial charge in [0.2, 0.25) is 0 Å². The molecular formula is C36H39BN2. The first-order chi connectivity index (χ1) is 18.6. The van der Waals surface area contributed by atoms with E-state index in [1.54, 1.807) is 0 Å². The van der Waals surface area contributed by atoms with Crippen molar-refractivity contribution in [3.8, 4) is 17.1 Å². The lowest BCUT2D eigenvalue weighted by molar-refractivity contribution is 1.05. The van der Waals surface area contributed by atoms with Crippen molar-refractivity contribution in [3.63, 3.8) is 0 Å². The molecular weight excluding hydrogens is 471 g/mol. The van der Waals surface area contributed by atoms with Crippen LogP contribution in [0, 0.1) is 62.3 Å². The number of nitrogens with zero attached hydrogens (tertiary/aromatic N) is 2. The van der Waals surface area contributed by atoms with E-state index < -0.39 is 0 Å². The molecule has 196 valence electrons. The molecule has 0 amide bonds. The Morgan fingerprint density at radius 3 is 1.38 bits per heavy atom. The Bertz CT molecular complexity index is 1560. The Kier molecular flexibility index (Phi) is 7.12. The summed E-state index contributed by atoms with van der Waals surface area (Å²) in [6.07, 6.45) is 2.13. The van der Waals surface area contributed by atoms with Gasteiger partial charge < -0.3 is 4.57 Å². The van der Waals surface area contributed by atoms with Gasteiger partial charge in [-0.15, -0.1) is 0 Å². The molecule has 0 saturated carbocycles. The third-order valence-electron chi connectivity index (χ3n) is 8.03. The van der Waals surface area contributed by atoms with Crippen LogP contribution in [0.4, 0.5) is 0 Å². The number of aryl methyl sites for hydroxylation is 9. The lowest BCUT2D eigenvalue weighted by Crippen LogP contribution is -2.58. The summed E-state index contributed by atoms with van der Waals surface area (Å²) in [6.45, 7) is 20.1. The Labute approximate surface area is 234 Å². The molecule has 0 radical (unpaired) electrons. The van der Waals surface area contributed by atoms with Crippen molar-refractivity contribution in [2.24, 2.45) is 0 Å². The molecule has 1 heterocycles. The minimum absolute atomic E-state index is 0.0382. The summed E-state index contributed by atoms with van der Waals surface area (Å²) in [7, 11) is 0. The lowest BCUT2D eigenvalue weighted by atomic mass is 9.35. The quantitative estimate of drug-likeness (QED) is 0.237. The normalized spacial score (nSPS) is 11.2. The van der Waals surface area contributed by atoms with Gasteiger partial charge in [0.25, 0.3) is 6.71 Å². The van der Waals surface area contributed by atoms with Crippen molar-refractivity contribution in [3.05, 3.63) is 123 Å². The van der Waals surface area contributed by atoms with Crippen LogP contribution < -0.4 is 16.5 Å². The summed E-state index contributed by atoms with van der Waals surface area (Å²) in [5.41, 5.74) is 18.0. The van der Waals surface area contributed by atoms with Gasteiger partial charge in [0, 0.05) is 17.4 Å². The Morgan fingerprint density at radius 2 is 0.949 bits per heavy atom. The second kappa shape index (κ2) is 10.4. The molecule has 0 aliphatic carbocycles. The number of hydrogen-bond acceptors (Lipinski definition) is 1.